The van der Waals surface area contributed by atoms with Crippen LogP contribution in [0, 0.1) is 11.8 Å². The van der Waals surface area contributed by atoms with Gasteiger partial charge in [0.05, 0.1) is 6.20 Å². The fraction of sp³-hybridized carbons (Fsp3) is 0.538. The molecule has 1 N–H and O–H groups in total. The zero-order valence-corrected chi connectivity index (χ0v) is 11.3. The molecule has 2 aromatic heterocycles. The van der Waals surface area contributed by atoms with Gasteiger partial charge in [0.15, 0.2) is 5.65 Å². The molecule has 0 bridgehead atoms. The minimum absolute atomic E-state index is 0.142. The van der Waals surface area contributed by atoms with E-state index in [2.05, 4.69) is 25.3 Å². The van der Waals surface area contributed by atoms with E-state index >= 15 is 0 Å². The zero-order valence-electron chi connectivity index (χ0n) is 11.3. The number of amides is 1. The van der Waals surface area contributed by atoms with Gasteiger partial charge in [-0.15, -0.1) is 0 Å². The van der Waals surface area contributed by atoms with Crippen LogP contribution in [0.3, 0.4) is 0 Å². The number of piperidine rings is 1. The summed E-state index contributed by atoms with van der Waals surface area (Å²) in [6, 6.07) is 0. The summed E-state index contributed by atoms with van der Waals surface area (Å²) in [5, 5.41) is 6.90. The lowest BCUT2D eigenvalue weighted by molar-refractivity contribution is 0.0957. The monoisotopic (exact) mass is 272 g/mol. The zero-order chi connectivity index (χ0) is 13.7. The van der Waals surface area contributed by atoms with E-state index in [0.29, 0.717) is 23.7 Å². The molecule has 3 heterocycles. The van der Waals surface area contributed by atoms with Crippen molar-refractivity contribution in [3.63, 3.8) is 0 Å². The highest BCUT2D eigenvalue weighted by molar-refractivity contribution is 5.99. The van der Waals surface area contributed by atoms with Gasteiger partial charge >= 0.3 is 0 Å². The maximum absolute atomic E-state index is 12.0. The van der Waals surface area contributed by atoms with Gasteiger partial charge in [-0.25, -0.2) is 9.50 Å². The van der Waals surface area contributed by atoms with Crippen molar-refractivity contribution in [2.45, 2.75) is 13.3 Å². The summed E-state index contributed by atoms with van der Waals surface area (Å²) in [5.74, 6) is 2.21. The van der Waals surface area contributed by atoms with Gasteiger partial charge in [-0.1, -0.05) is 0 Å². The molecule has 1 aliphatic carbocycles. The quantitative estimate of drug-likeness (QED) is 0.871. The molecule has 2 fully saturated rings. The topological polar surface area (TPSA) is 75.4 Å². The summed E-state index contributed by atoms with van der Waals surface area (Å²) in [4.78, 5) is 23.1. The van der Waals surface area contributed by atoms with Crippen molar-refractivity contribution in [3.05, 3.63) is 18.1 Å². The molecule has 0 spiro atoms. The molecule has 7 nitrogen and oxygen atoms in total. The molecule has 2 unspecified atom stereocenters. The molecule has 1 saturated heterocycles. The van der Waals surface area contributed by atoms with Crippen molar-refractivity contribution >= 4 is 17.5 Å². The van der Waals surface area contributed by atoms with Crippen LogP contribution in [0.25, 0.3) is 5.65 Å². The summed E-state index contributed by atoms with van der Waals surface area (Å²) in [7, 11) is 0. The lowest BCUT2D eigenvalue weighted by Gasteiger charge is -2.17. The summed E-state index contributed by atoms with van der Waals surface area (Å²) in [6.45, 7) is 4.54. The van der Waals surface area contributed by atoms with E-state index < -0.39 is 0 Å². The van der Waals surface area contributed by atoms with E-state index in [4.69, 9.17) is 0 Å². The molecule has 0 radical (unpaired) electrons. The third-order valence-corrected chi connectivity index (χ3v) is 4.10. The Bertz CT molecular complexity index is 671. The van der Waals surface area contributed by atoms with Crippen LogP contribution in [-0.4, -0.2) is 45.1 Å². The van der Waals surface area contributed by atoms with Crippen LogP contribution in [0.15, 0.2) is 12.5 Å². The van der Waals surface area contributed by atoms with Crippen LogP contribution >= 0.6 is 0 Å². The highest BCUT2D eigenvalue weighted by Gasteiger charge is 2.45. The molecule has 20 heavy (non-hydrogen) atoms. The van der Waals surface area contributed by atoms with Crippen LogP contribution in [0.5, 0.6) is 0 Å². The Morgan fingerprint density at radius 2 is 2.25 bits per heavy atom. The molecule has 0 aromatic carbocycles. The summed E-state index contributed by atoms with van der Waals surface area (Å²) >= 11 is 0. The smallest absolute Gasteiger partial charge is 0.256 e. The molecule has 1 amide bonds. The number of aromatic nitrogens is 4. The van der Waals surface area contributed by atoms with Crippen molar-refractivity contribution in [2.24, 2.45) is 11.8 Å². The van der Waals surface area contributed by atoms with E-state index in [0.717, 1.165) is 24.9 Å². The molecule has 2 atom stereocenters. The average molecular weight is 272 g/mol. The third-order valence-electron chi connectivity index (χ3n) is 4.10. The first-order chi connectivity index (χ1) is 9.76. The molecule has 1 saturated carbocycles. The van der Waals surface area contributed by atoms with E-state index in [1.165, 1.54) is 6.42 Å². The predicted octanol–water partition coefficient (Wildman–Crippen LogP) is 0.330. The largest absolute Gasteiger partial charge is 0.352 e. The summed E-state index contributed by atoms with van der Waals surface area (Å²) < 4.78 is 1.55. The predicted molar refractivity (Wildman–Crippen MR) is 72.6 cm³/mol. The summed E-state index contributed by atoms with van der Waals surface area (Å²) in [6.07, 6.45) is 4.51. The fourth-order valence-electron chi connectivity index (χ4n) is 2.91. The maximum atomic E-state index is 12.0. The van der Waals surface area contributed by atoms with Crippen LogP contribution in [0.1, 0.15) is 23.7 Å². The standard InChI is InChI=1S/C13H16N6O/c1-2-14-12(20)10-4-16-19-7-15-13(17-11(10)19)18-5-8-3-9(8)6-18/h4,7-9H,2-3,5-6H2,1H3,(H,14,20). The normalized spacial score (nSPS) is 23.9. The Labute approximate surface area is 116 Å². The van der Waals surface area contributed by atoms with Gasteiger partial charge < -0.3 is 10.2 Å². The molecule has 4 rings (SSSR count). The number of carbonyl (C=O) groups is 1. The lowest BCUT2D eigenvalue weighted by Crippen LogP contribution is -2.25. The van der Waals surface area contributed by atoms with E-state index in [-0.39, 0.29) is 5.91 Å². The highest BCUT2D eigenvalue weighted by Crippen LogP contribution is 2.45. The van der Waals surface area contributed by atoms with Crippen molar-refractivity contribution < 1.29 is 4.79 Å². The van der Waals surface area contributed by atoms with Crippen molar-refractivity contribution in [1.29, 1.82) is 0 Å². The third kappa shape index (κ3) is 1.73. The SMILES string of the molecule is CCNC(=O)c1cnn2cnc(N3CC4CC4C3)nc12. The second kappa shape index (κ2) is 4.16. The van der Waals surface area contributed by atoms with E-state index in [1.54, 1.807) is 17.0 Å². The van der Waals surface area contributed by atoms with Gasteiger partial charge in [-0.05, 0) is 25.2 Å². The number of fused-ring (bicyclic) bond motifs is 2. The number of anilines is 1. The molecule has 2 aliphatic rings. The van der Waals surface area contributed by atoms with Crippen molar-refractivity contribution in [3.8, 4) is 0 Å². The van der Waals surface area contributed by atoms with Crippen LogP contribution in [0.2, 0.25) is 0 Å². The first-order valence-electron chi connectivity index (χ1n) is 6.99. The fourth-order valence-corrected chi connectivity index (χ4v) is 2.91. The minimum atomic E-state index is -0.142. The Kier molecular flexibility index (Phi) is 2.42. The molecule has 7 heteroatoms. The molecule has 1 aliphatic heterocycles. The number of hydrogen-bond donors (Lipinski definition) is 1. The molecule has 104 valence electrons. The van der Waals surface area contributed by atoms with Gasteiger partial charge in [-0.3, -0.25) is 4.79 Å². The van der Waals surface area contributed by atoms with E-state index in [1.807, 2.05) is 6.92 Å². The lowest BCUT2D eigenvalue weighted by atomic mass is 10.3. The van der Waals surface area contributed by atoms with Crippen LogP contribution < -0.4 is 10.2 Å². The Morgan fingerprint density at radius 3 is 3.00 bits per heavy atom. The highest BCUT2D eigenvalue weighted by atomic mass is 16.1. The van der Waals surface area contributed by atoms with Gasteiger partial charge in [0.1, 0.15) is 11.9 Å². The molecular formula is C13H16N6O. The van der Waals surface area contributed by atoms with Gasteiger partial charge in [0, 0.05) is 19.6 Å². The second-order valence-electron chi connectivity index (χ2n) is 5.50. The van der Waals surface area contributed by atoms with Crippen LogP contribution in [-0.2, 0) is 0 Å². The van der Waals surface area contributed by atoms with Crippen molar-refractivity contribution in [2.75, 3.05) is 24.5 Å². The number of nitrogens with one attached hydrogen (secondary N) is 1. The van der Waals surface area contributed by atoms with E-state index in [9.17, 15) is 4.79 Å². The van der Waals surface area contributed by atoms with Crippen LogP contribution in [0.4, 0.5) is 5.95 Å². The Hall–Kier alpha value is -2.18. The maximum Gasteiger partial charge on any atom is 0.256 e. The summed E-state index contributed by atoms with van der Waals surface area (Å²) in [5.41, 5.74) is 1.07. The van der Waals surface area contributed by atoms with Gasteiger partial charge in [-0.2, -0.15) is 10.1 Å². The van der Waals surface area contributed by atoms with Crippen molar-refractivity contribution in [1.82, 2.24) is 24.9 Å². The average Bonchev–Trinajstić information content (AvgIpc) is 2.89. The first-order valence-corrected chi connectivity index (χ1v) is 6.99. The number of nitrogens with zero attached hydrogens (tertiary/aromatic N) is 5. The number of hydrogen-bond acceptors (Lipinski definition) is 5. The Morgan fingerprint density at radius 1 is 1.45 bits per heavy atom. The Balaban J connectivity index is 1.70. The minimum Gasteiger partial charge on any atom is -0.352 e. The molecule has 2 aromatic rings. The first kappa shape index (κ1) is 11.6. The number of rotatable bonds is 3. The van der Waals surface area contributed by atoms with Gasteiger partial charge in [0.25, 0.3) is 5.91 Å². The second-order valence-corrected chi connectivity index (χ2v) is 5.50. The van der Waals surface area contributed by atoms with Gasteiger partial charge in [0.2, 0.25) is 5.95 Å². The number of carbonyl (C=O) groups excluding carboxylic acids is 1. The molecular weight excluding hydrogens is 256 g/mol.